The van der Waals surface area contributed by atoms with Crippen molar-refractivity contribution in [3.05, 3.63) is 79.2 Å². The number of esters is 1. The van der Waals surface area contributed by atoms with E-state index in [9.17, 15) is 24.3 Å². The van der Waals surface area contributed by atoms with E-state index in [-0.39, 0.29) is 41.6 Å². The molecule has 2 saturated carbocycles. The third-order valence-corrected chi connectivity index (χ3v) is 13.1. The van der Waals surface area contributed by atoms with Crippen LogP contribution in [0.1, 0.15) is 134 Å². The number of ether oxygens (including phenoxy) is 3. The first kappa shape index (κ1) is 52.9. The van der Waals surface area contributed by atoms with E-state index in [4.69, 9.17) is 49.0 Å². The summed E-state index contributed by atoms with van der Waals surface area (Å²) >= 11 is 17.4. The number of nitrogens with one attached hydrogen (secondary N) is 2. The zero-order chi connectivity index (χ0) is 45.8. The fraction of sp³-hybridized carbons (Fsp3) is 0.592. The third-order valence-electron chi connectivity index (χ3n) is 12.1. The van der Waals surface area contributed by atoms with Crippen molar-refractivity contribution in [3.63, 3.8) is 0 Å². The van der Waals surface area contributed by atoms with Crippen LogP contribution < -0.4 is 10.6 Å². The third kappa shape index (κ3) is 12.0. The molecule has 344 valence electrons. The van der Waals surface area contributed by atoms with E-state index in [2.05, 4.69) is 10.6 Å². The van der Waals surface area contributed by atoms with E-state index in [1.54, 1.807) is 35.0 Å². The van der Waals surface area contributed by atoms with Crippen molar-refractivity contribution in [2.45, 2.75) is 139 Å². The number of aliphatic hydroxyl groups excluding tert-OH is 1. The van der Waals surface area contributed by atoms with Crippen molar-refractivity contribution < 1.29 is 38.5 Å². The van der Waals surface area contributed by atoms with Crippen molar-refractivity contribution in [1.29, 1.82) is 0 Å². The molecular formula is C49H69Cl3N2O8. The van der Waals surface area contributed by atoms with Crippen LogP contribution >= 0.6 is 34.8 Å². The lowest BCUT2D eigenvalue weighted by atomic mass is 9.75. The van der Waals surface area contributed by atoms with Crippen LogP contribution in [-0.2, 0) is 33.4 Å². The molecule has 0 atom stereocenters. The number of hydrogen-bond donors (Lipinski definition) is 3. The van der Waals surface area contributed by atoms with Gasteiger partial charge in [-0.2, -0.15) is 0 Å². The molecule has 2 aromatic carbocycles. The second-order valence-corrected chi connectivity index (χ2v) is 20.5. The second-order valence-electron chi connectivity index (χ2n) is 19.3. The Morgan fingerprint density at radius 2 is 1.02 bits per heavy atom. The van der Waals surface area contributed by atoms with Crippen LogP contribution in [-0.4, -0.2) is 66.6 Å². The van der Waals surface area contributed by atoms with Crippen molar-refractivity contribution in [2.24, 2.45) is 22.7 Å². The van der Waals surface area contributed by atoms with Gasteiger partial charge in [-0.25, -0.2) is 0 Å². The maximum Gasteiger partial charge on any atom is 0.316 e. The largest absolute Gasteiger partial charge is 0.509 e. The molecule has 62 heavy (non-hydrogen) atoms. The number of aryl methyl sites for hydroxylation is 4. The van der Waals surface area contributed by atoms with Crippen LogP contribution in [0.15, 0.2) is 35.8 Å². The highest BCUT2D eigenvalue weighted by Gasteiger charge is 2.51. The molecule has 0 aromatic heterocycles. The number of benzene rings is 2. The normalized spacial score (nSPS) is 23.5. The summed E-state index contributed by atoms with van der Waals surface area (Å²) in [4.78, 5) is 49.1. The molecule has 2 aliphatic heterocycles. The standard InChI is InChI=1S/C24H32ClNO4.C19H24ClNO3.C5H9ClO.CH4/c1-14-11-17(25)12-15(2)18(14)19-20(30-22(28)23(3,4)5)24(26-21(19)27)9-7-16(8-10-24)13-29-6;1-11-8-14(20)9-12(2)15(11)16-17(22)19(21-18(16)23)6-4-13(5-7-19)10-24-3;1-5(2,3)4(6)7;/h11-12,16H,7-10,13H2,1-6H3,(H,26,27);8-9,13,22H,4-7,10H2,1-3H3,(H,21,23);1-3H3;1H4. The van der Waals surface area contributed by atoms with Gasteiger partial charge in [0.25, 0.3) is 11.8 Å². The summed E-state index contributed by atoms with van der Waals surface area (Å²) in [6.07, 6.45) is 6.59. The molecule has 2 amide bonds. The minimum atomic E-state index is -0.678. The number of carbonyl (C=O) groups is 4. The van der Waals surface area contributed by atoms with Gasteiger partial charge in [0.1, 0.15) is 11.5 Å². The fourth-order valence-corrected chi connectivity index (χ4v) is 9.34. The van der Waals surface area contributed by atoms with Gasteiger partial charge >= 0.3 is 5.97 Å². The van der Waals surface area contributed by atoms with Crippen molar-refractivity contribution in [2.75, 3.05) is 27.4 Å². The van der Waals surface area contributed by atoms with Gasteiger partial charge in [-0.3, -0.25) is 19.2 Å². The van der Waals surface area contributed by atoms with Gasteiger partial charge in [-0.05, 0) is 181 Å². The lowest BCUT2D eigenvalue weighted by molar-refractivity contribution is -0.150. The molecule has 2 heterocycles. The average molecular weight is 920 g/mol. The second kappa shape index (κ2) is 21.1. The molecule has 2 spiro atoms. The highest BCUT2D eigenvalue weighted by molar-refractivity contribution is 6.64. The zero-order valence-corrected chi connectivity index (χ0v) is 40.2. The highest BCUT2D eigenvalue weighted by Crippen LogP contribution is 2.47. The first-order chi connectivity index (χ1) is 28.3. The van der Waals surface area contributed by atoms with Crippen molar-refractivity contribution in [3.8, 4) is 0 Å². The molecule has 0 saturated heterocycles. The summed E-state index contributed by atoms with van der Waals surface area (Å²) in [5, 5.41) is 18.2. The maximum absolute atomic E-state index is 13.3. The SMILES string of the molecule is C.CC(C)(C)C(=O)Cl.COCC1CCC2(CC1)NC(=O)C(c1c(C)cc(Cl)cc1C)=C2O.COCC1CCC2(CC1)NC(=O)C(c1c(C)cc(Cl)cc1C)=C2OC(=O)C(C)(C)C. The summed E-state index contributed by atoms with van der Waals surface area (Å²) < 4.78 is 16.6. The average Bonchev–Trinajstić information content (AvgIpc) is 3.53. The highest BCUT2D eigenvalue weighted by atomic mass is 35.5. The van der Waals surface area contributed by atoms with Gasteiger partial charge in [0.05, 0.1) is 27.6 Å². The Labute approximate surface area is 384 Å². The number of amides is 2. The van der Waals surface area contributed by atoms with E-state index < -0.39 is 16.5 Å². The van der Waals surface area contributed by atoms with Crippen LogP contribution in [0.4, 0.5) is 0 Å². The molecule has 2 fully saturated rings. The van der Waals surface area contributed by atoms with Crippen LogP contribution in [0.25, 0.3) is 11.1 Å². The molecule has 2 aromatic rings. The van der Waals surface area contributed by atoms with Crippen LogP contribution in [0.5, 0.6) is 0 Å². The van der Waals surface area contributed by atoms with E-state index in [0.29, 0.717) is 58.2 Å². The summed E-state index contributed by atoms with van der Waals surface area (Å²) in [6.45, 7) is 19.9. The predicted octanol–water partition coefficient (Wildman–Crippen LogP) is 11.3. The van der Waals surface area contributed by atoms with Crippen LogP contribution in [0, 0.1) is 50.4 Å². The van der Waals surface area contributed by atoms with Gasteiger partial charge in [0.15, 0.2) is 0 Å². The molecule has 4 aliphatic rings. The topological polar surface area (TPSA) is 140 Å². The van der Waals surface area contributed by atoms with Gasteiger partial charge in [0, 0.05) is 42.9 Å². The number of hydrogen-bond acceptors (Lipinski definition) is 8. The Kier molecular flexibility index (Phi) is 18.0. The summed E-state index contributed by atoms with van der Waals surface area (Å²) in [7, 11) is 3.42. The zero-order valence-electron chi connectivity index (χ0n) is 38.0. The molecule has 3 N–H and O–H groups in total. The fourth-order valence-electron chi connectivity index (χ4n) is 8.69. The lowest BCUT2D eigenvalue weighted by Gasteiger charge is -2.38. The summed E-state index contributed by atoms with van der Waals surface area (Å²) in [5.74, 6) is 0.882. The van der Waals surface area contributed by atoms with E-state index in [0.717, 1.165) is 78.5 Å². The monoisotopic (exact) mass is 918 g/mol. The molecule has 0 bridgehead atoms. The number of aliphatic hydroxyl groups is 1. The van der Waals surface area contributed by atoms with Crippen LogP contribution in [0.3, 0.4) is 0 Å². The van der Waals surface area contributed by atoms with Gasteiger partial charge in [0.2, 0.25) is 5.24 Å². The first-order valence-electron chi connectivity index (χ1n) is 21.1. The Hall–Kier alpha value is -3.41. The predicted molar refractivity (Wildman–Crippen MR) is 250 cm³/mol. The minimum absolute atomic E-state index is 0. The Bertz CT molecular complexity index is 2010. The summed E-state index contributed by atoms with van der Waals surface area (Å²) in [6, 6.07) is 7.34. The van der Waals surface area contributed by atoms with E-state index in [1.807, 2.05) is 72.7 Å². The van der Waals surface area contributed by atoms with Gasteiger partial charge < -0.3 is 30.0 Å². The number of halogens is 3. The Balaban J connectivity index is 0.000000287. The molecule has 6 rings (SSSR count). The van der Waals surface area contributed by atoms with E-state index >= 15 is 0 Å². The Morgan fingerprint density at radius 1 is 0.677 bits per heavy atom. The molecule has 13 heteroatoms. The van der Waals surface area contributed by atoms with Crippen LogP contribution in [0.2, 0.25) is 10.0 Å². The van der Waals surface area contributed by atoms with E-state index in [1.165, 1.54) is 0 Å². The number of rotatable bonds is 7. The Morgan fingerprint density at radius 3 is 1.37 bits per heavy atom. The molecular weight excluding hydrogens is 851 g/mol. The molecule has 2 aliphatic carbocycles. The molecule has 0 unspecified atom stereocenters. The minimum Gasteiger partial charge on any atom is -0.509 e. The van der Waals surface area contributed by atoms with Crippen molar-refractivity contribution >= 4 is 69.0 Å². The first-order valence-corrected chi connectivity index (χ1v) is 22.2. The number of carbonyl (C=O) groups excluding carboxylic acids is 4. The lowest BCUT2D eigenvalue weighted by Crippen LogP contribution is -2.48. The quantitative estimate of drug-likeness (QED) is 0.184. The summed E-state index contributed by atoms with van der Waals surface area (Å²) in [5.41, 5.74) is 3.73. The van der Waals surface area contributed by atoms with Gasteiger partial charge in [-0.15, -0.1) is 0 Å². The number of methoxy groups -OCH3 is 2. The smallest absolute Gasteiger partial charge is 0.316 e. The maximum atomic E-state index is 13.3. The molecule has 10 nitrogen and oxygen atoms in total. The van der Waals surface area contributed by atoms with Gasteiger partial charge in [-0.1, -0.05) is 51.4 Å². The van der Waals surface area contributed by atoms with Crippen molar-refractivity contribution in [1.82, 2.24) is 10.6 Å². The molecule has 0 radical (unpaired) electrons.